The second-order valence-electron chi connectivity index (χ2n) is 7.58. The average molecular weight is 450 g/mol. The predicted octanol–water partition coefficient (Wildman–Crippen LogP) is 5.06. The van der Waals surface area contributed by atoms with E-state index in [-0.39, 0.29) is 5.69 Å². The third-order valence-electron chi connectivity index (χ3n) is 5.45. The Bertz CT molecular complexity index is 1550. The van der Waals surface area contributed by atoms with Gasteiger partial charge in [0.1, 0.15) is 11.4 Å². The minimum absolute atomic E-state index is 0.204. The van der Waals surface area contributed by atoms with E-state index in [1.807, 2.05) is 31.2 Å². The van der Waals surface area contributed by atoms with Crippen LogP contribution in [0.5, 0.6) is 5.75 Å². The van der Waals surface area contributed by atoms with Gasteiger partial charge in [0.15, 0.2) is 0 Å². The lowest BCUT2D eigenvalue weighted by Crippen LogP contribution is -2.21. The number of rotatable bonds is 4. The zero-order valence-electron chi connectivity index (χ0n) is 17.3. The maximum Gasteiger partial charge on any atom is 0.573 e. The minimum Gasteiger partial charge on any atom is -0.406 e. The number of aromatic amines is 1. The molecule has 0 spiro atoms. The summed E-state index contributed by atoms with van der Waals surface area (Å²) in [4.78, 5) is 18.0. The Morgan fingerprint density at radius 2 is 1.88 bits per heavy atom. The van der Waals surface area contributed by atoms with E-state index < -0.39 is 17.7 Å². The first-order chi connectivity index (χ1) is 15.8. The van der Waals surface area contributed by atoms with Crippen LogP contribution in [0.15, 0.2) is 71.7 Å². The lowest BCUT2D eigenvalue weighted by molar-refractivity contribution is -0.274. The molecule has 0 saturated carbocycles. The van der Waals surface area contributed by atoms with Crippen LogP contribution < -0.4 is 10.3 Å². The van der Waals surface area contributed by atoms with Gasteiger partial charge in [-0.05, 0) is 42.3 Å². The zero-order chi connectivity index (χ0) is 23.2. The molecule has 166 valence electrons. The summed E-state index contributed by atoms with van der Waals surface area (Å²) in [7, 11) is 0. The SMILES string of the molecule is Cc1ccccc1Cc1n[nH]c2c1c(=O)n(-c1cccc(OC(F)(F)F)c1)c1ncccc21. The van der Waals surface area contributed by atoms with Gasteiger partial charge in [-0.3, -0.25) is 14.5 Å². The van der Waals surface area contributed by atoms with Crippen LogP contribution in [0, 0.1) is 6.92 Å². The van der Waals surface area contributed by atoms with Crippen LogP contribution in [-0.2, 0) is 6.42 Å². The van der Waals surface area contributed by atoms with Crippen molar-refractivity contribution in [3.05, 3.63) is 94.0 Å². The van der Waals surface area contributed by atoms with Gasteiger partial charge in [-0.15, -0.1) is 13.2 Å². The monoisotopic (exact) mass is 450 g/mol. The summed E-state index contributed by atoms with van der Waals surface area (Å²) < 4.78 is 43.6. The van der Waals surface area contributed by atoms with Gasteiger partial charge in [0.25, 0.3) is 5.56 Å². The standard InChI is InChI=1S/C24H17F3N4O2/c1-14-6-2-3-7-15(14)12-19-20-21(30-29-19)18-10-5-11-28-22(18)31(23(20)32)16-8-4-9-17(13-16)33-24(25,26)27/h2-11,13H,12H2,1H3,(H,29,30). The van der Waals surface area contributed by atoms with E-state index in [9.17, 15) is 18.0 Å². The van der Waals surface area contributed by atoms with Crippen molar-refractivity contribution in [1.82, 2.24) is 19.7 Å². The van der Waals surface area contributed by atoms with Crippen LogP contribution in [0.2, 0.25) is 0 Å². The number of ether oxygens (including phenoxy) is 1. The predicted molar refractivity (Wildman–Crippen MR) is 118 cm³/mol. The molecule has 0 fully saturated rings. The summed E-state index contributed by atoms with van der Waals surface area (Å²) in [6.07, 6.45) is -2.91. The number of benzene rings is 2. The third kappa shape index (κ3) is 3.82. The van der Waals surface area contributed by atoms with Crippen molar-refractivity contribution in [2.75, 3.05) is 0 Å². The number of nitrogens with one attached hydrogen (secondary N) is 1. The van der Waals surface area contributed by atoms with E-state index in [1.54, 1.807) is 12.1 Å². The van der Waals surface area contributed by atoms with E-state index >= 15 is 0 Å². The van der Waals surface area contributed by atoms with Gasteiger partial charge in [-0.1, -0.05) is 30.3 Å². The summed E-state index contributed by atoms with van der Waals surface area (Å²) in [5.41, 5.74) is 3.23. The number of halogens is 3. The molecule has 0 atom stereocenters. The first-order valence-electron chi connectivity index (χ1n) is 10.1. The molecule has 6 nitrogen and oxygen atoms in total. The molecule has 0 unspecified atom stereocenters. The van der Waals surface area contributed by atoms with Gasteiger partial charge in [-0.25, -0.2) is 4.98 Å². The van der Waals surface area contributed by atoms with Gasteiger partial charge in [0.05, 0.1) is 22.3 Å². The zero-order valence-corrected chi connectivity index (χ0v) is 17.3. The van der Waals surface area contributed by atoms with Crippen molar-refractivity contribution in [2.45, 2.75) is 19.7 Å². The Hall–Kier alpha value is -4.14. The molecular weight excluding hydrogens is 433 g/mol. The highest BCUT2D eigenvalue weighted by Crippen LogP contribution is 2.28. The molecule has 33 heavy (non-hydrogen) atoms. The topological polar surface area (TPSA) is 72.8 Å². The van der Waals surface area contributed by atoms with Gasteiger partial charge in [-0.2, -0.15) is 5.10 Å². The van der Waals surface area contributed by atoms with Crippen molar-refractivity contribution >= 4 is 21.9 Å². The molecule has 1 N–H and O–H groups in total. The maximum absolute atomic E-state index is 13.7. The highest BCUT2D eigenvalue weighted by atomic mass is 19.4. The van der Waals surface area contributed by atoms with Gasteiger partial charge in [0, 0.05) is 24.1 Å². The largest absolute Gasteiger partial charge is 0.573 e. The Kier molecular flexibility index (Phi) is 4.88. The van der Waals surface area contributed by atoms with E-state index in [4.69, 9.17) is 0 Å². The van der Waals surface area contributed by atoms with Crippen molar-refractivity contribution in [3.63, 3.8) is 0 Å². The number of nitrogens with zero attached hydrogens (tertiary/aromatic N) is 3. The lowest BCUT2D eigenvalue weighted by Gasteiger charge is -2.13. The molecule has 9 heteroatoms. The van der Waals surface area contributed by atoms with E-state index in [2.05, 4.69) is 19.9 Å². The Morgan fingerprint density at radius 3 is 2.67 bits per heavy atom. The maximum atomic E-state index is 13.7. The molecule has 3 heterocycles. The molecule has 3 aromatic heterocycles. The molecule has 0 bridgehead atoms. The molecule has 0 aliphatic carbocycles. The number of hydrogen-bond donors (Lipinski definition) is 1. The molecular formula is C24H17F3N4O2. The highest BCUT2D eigenvalue weighted by Gasteiger charge is 2.31. The van der Waals surface area contributed by atoms with Gasteiger partial charge < -0.3 is 4.74 Å². The first kappa shape index (κ1) is 20.7. The van der Waals surface area contributed by atoms with Crippen LogP contribution in [-0.4, -0.2) is 26.1 Å². The number of fused-ring (bicyclic) bond motifs is 3. The van der Waals surface area contributed by atoms with E-state index in [0.717, 1.165) is 17.2 Å². The highest BCUT2D eigenvalue weighted by molar-refractivity contribution is 6.03. The molecule has 0 amide bonds. The van der Waals surface area contributed by atoms with Gasteiger partial charge in [0.2, 0.25) is 0 Å². The average Bonchev–Trinajstić information content (AvgIpc) is 3.19. The molecule has 0 radical (unpaired) electrons. The number of hydrogen-bond acceptors (Lipinski definition) is 4. The number of pyridine rings is 2. The summed E-state index contributed by atoms with van der Waals surface area (Å²) in [5.74, 6) is -0.427. The van der Waals surface area contributed by atoms with Crippen molar-refractivity contribution in [3.8, 4) is 11.4 Å². The van der Waals surface area contributed by atoms with Gasteiger partial charge >= 0.3 is 6.36 Å². The van der Waals surface area contributed by atoms with E-state index in [1.165, 1.54) is 29.0 Å². The normalized spacial score (nSPS) is 11.9. The molecule has 5 rings (SSSR count). The fourth-order valence-electron chi connectivity index (χ4n) is 3.96. The molecule has 0 aliphatic rings. The second kappa shape index (κ2) is 7.77. The molecule has 0 saturated heterocycles. The smallest absolute Gasteiger partial charge is 0.406 e. The molecule has 5 aromatic rings. The number of H-pyrrole nitrogens is 1. The number of alkyl halides is 3. The first-order valence-corrected chi connectivity index (χ1v) is 10.1. The van der Waals surface area contributed by atoms with E-state index in [0.29, 0.717) is 34.1 Å². The Balaban J connectivity index is 1.76. The van der Waals surface area contributed by atoms with Crippen LogP contribution >= 0.6 is 0 Å². The van der Waals surface area contributed by atoms with Crippen LogP contribution in [0.4, 0.5) is 13.2 Å². The minimum atomic E-state index is -4.85. The van der Waals surface area contributed by atoms with Crippen molar-refractivity contribution in [1.29, 1.82) is 0 Å². The quantitative estimate of drug-likeness (QED) is 0.416. The number of aryl methyl sites for hydroxylation is 1. The van der Waals surface area contributed by atoms with Crippen LogP contribution in [0.3, 0.4) is 0 Å². The summed E-state index contributed by atoms with van der Waals surface area (Å²) in [5, 5.41) is 8.34. The number of aromatic nitrogens is 4. The van der Waals surface area contributed by atoms with Crippen molar-refractivity contribution in [2.24, 2.45) is 0 Å². The van der Waals surface area contributed by atoms with Crippen molar-refractivity contribution < 1.29 is 17.9 Å². The fourth-order valence-corrected chi connectivity index (χ4v) is 3.96. The third-order valence-corrected chi connectivity index (χ3v) is 5.45. The van der Waals surface area contributed by atoms with Crippen LogP contribution in [0.1, 0.15) is 16.8 Å². The summed E-state index contributed by atoms with van der Waals surface area (Å²) >= 11 is 0. The van der Waals surface area contributed by atoms with Crippen LogP contribution in [0.25, 0.3) is 27.6 Å². The molecule has 0 aliphatic heterocycles. The fraction of sp³-hybridized carbons (Fsp3) is 0.125. The molecule has 2 aromatic carbocycles. The Morgan fingerprint density at radius 1 is 1.06 bits per heavy atom. The summed E-state index contributed by atoms with van der Waals surface area (Å²) in [6.45, 7) is 1.98. The second-order valence-corrected chi connectivity index (χ2v) is 7.58. The summed E-state index contributed by atoms with van der Waals surface area (Å²) in [6, 6.07) is 16.6. The lowest BCUT2D eigenvalue weighted by atomic mass is 10.0. The Labute approximate surface area is 185 Å².